The van der Waals surface area contributed by atoms with E-state index in [4.69, 9.17) is 10.7 Å². The maximum atomic E-state index is 5.27. The molecule has 2 unspecified atom stereocenters. The molecule has 1 aliphatic heterocycles. The van der Waals surface area contributed by atoms with Crippen LogP contribution in [0.25, 0.3) is 0 Å². The van der Waals surface area contributed by atoms with Gasteiger partial charge in [0.15, 0.2) is 0 Å². The monoisotopic (exact) mass is 159 g/mol. The van der Waals surface area contributed by atoms with E-state index in [0.717, 1.165) is 0 Å². The van der Waals surface area contributed by atoms with Crippen LogP contribution in [0.15, 0.2) is 0 Å². The van der Waals surface area contributed by atoms with Gasteiger partial charge >= 0.3 is 0 Å². The fourth-order valence-electron chi connectivity index (χ4n) is 2.00. The number of nitrogens with two attached hydrogens (primary N) is 1. The van der Waals surface area contributed by atoms with Crippen molar-refractivity contribution in [2.45, 2.75) is 44.0 Å². The molecular weight excluding hydrogens is 142 g/mol. The van der Waals surface area contributed by atoms with Crippen molar-refractivity contribution in [2.75, 3.05) is 0 Å². The molecule has 0 bridgehead atoms. The van der Waals surface area contributed by atoms with Gasteiger partial charge in [-0.25, -0.2) is 5.90 Å². The second-order valence-corrected chi connectivity index (χ2v) is 7.44. The van der Waals surface area contributed by atoms with E-state index in [9.17, 15) is 0 Å². The van der Waals surface area contributed by atoms with Gasteiger partial charge in [0, 0.05) is 0 Å². The standard InChI is InChI=1S/C7H17NOSi/c1-3-10-6-4-5-7(10,2)9-8/h10H,3-6,8H2,1-2H3. The molecular formula is C7H17NOSi. The van der Waals surface area contributed by atoms with Gasteiger partial charge in [-0.15, -0.1) is 0 Å². The smallest absolute Gasteiger partial charge is 0.0776 e. The van der Waals surface area contributed by atoms with Crippen molar-refractivity contribution < 1.29 is 4.84 Å². The summed E-state index contributed by atoms with van der Waals surface area (Å²) in [6.45, 7) is 4.44. The Kier molecular flexibility index (Phi) is 2.49. The maximum Gasteiger partial charge on any atom is 0.0776 e. The SMILES string of the molecule is CC[SiH]1CCCC1(C)ON. The minimum absolute atomic E-state index is 0.120. The summed E-state index contributed by atoms with van der Waals surface area (Å²) in [4.78, 5) is 5.06. The normalized spacial score (nSPS) is 40.5. The van der Waals surface area contributed by atoms with E-state index >= 15 is 0 Å². The number of hydrogen-bond donors (Lipinski definition) is 1. The van der Waals surface area contributed by atoms with Crippen molar-refractivity contribution in [3.8, 4) is 0 Å². The van der Waals surface area contributed by atoms with Gasteiger partial charge < -0.3 is 4.84 Å². The predicted molar refractivity (Wildman–Crippen MR) is 45.3 cm³/mol. The Morgan fingerprint density at radius 1 is 1.70 bits per heavy atom. The van der Waals surface area contributed by atoms with Crippen LogP contribution in [0, 0.1) is 0 Å². The molecule has 1 heterocycles. The van der Waals surface area contributed by atoms with Gasteiger partial charge in [-0.2, -0.15) is 0 Å². The summed E-state index contributed by atoms with van der Waals surface area (Å²) in [5.74, 6) is 5.27. The third kappa shape index (κ3) is 1.26. The molecule has 0 amide bonds. The van der Waals surface area contributed by atoms with Crippen LogP contribution in [0.5, 0.6) is 0 Å². The summed E-state index contributed by atoms with van der Waals surface area (Å²) in [6.07, 6.45) is 2.52. The lowest BCUT2D eigenvalue weighted by Gasteiger charge is -2.26. The Morgan fingerprint density at radius 2 is 2.40 bits per heavy atom. The Balaban J connectivity index is 2.56. The molecule has 0 aromatic heterocycles. The first-order valence-corrected chi connectivity index (χ1v) is 6.32. The fourth-order valence-corrected chi connectivity index (χ4v) is 5.38. The molecule has 1 saturated heterocycles. The van der Waals surface area contributed by atoms with Crippen LogP contribution in [-0.4, -0.2) is 14.0 Å². The average Bonchev–Trinajstić information content (AvgIpc) is 2.32. The first-order chi connectivity index (χ1) is 4.73. The third-order valence-corrected chi connectivity index (χ3v) is 7.09. The van der Waals surface area contributed by atoms with Crippen molar-refractivity contribution in [1.29, 1.82) is 0 Å². The van der Waals surface area contributed by atoms with Gasteiger partial charge in [-0.05, 0) is 13.3 Å². The van der Waals surface area contributed by atoms with Crippen LogP contribution in [0.3, 0.4) is 0 Å². The molecule has 3 heteroatoms. The van der Waals surface area contributed by atoms with E-state index in [-0.39, 0.29) is 5.22 Å². The molecule has 0 radical (unpaired) electrons. The highest BCUT2D eigenvalue weighted by Crippen LogP contribution is 2.33. The van der Waals surface area contributed by atoms with Crippen LogP contribution in [0.1, 0.15) is 26.7 Å². The molecule has 0 aromatic rings. The van der Waals surface area contributed by atoms with Crippen molar-refractivity contribution in [3.63, 3.8) is 0 Å². The van der Waals surface area contributed by atoms with Gasteiger partial charge in [-0.3, -0.25) is 0 Å². The molecule has 2 nitrogen and oxygen atoms in total. The van der Waals surface area contributed by atoms with E-state index in [1.54, 1.807) is 0 Å². The van der Waals surface area contributed by atoms with E-state index in [0.29, 0.717) is 0 Å². The first kappa shape index (κ1) is 8.24. The zero-order valence-corrected chi connectivity index (χ0v) is 8.05. The number of rotatable bonds is 2. The highest BCUT2D eigenvalue weighted by molar-refractivity contribution is 6.62. The van der Waals surface area contributed by atoms with Gasteiger partial charge in [0.2, 0.25) is 0 Å². The highest BCUT2D eigenvalue weighted by atomic mass is 28.3. The van der Waals surface area contributed by atoms with Gasteiger partial charge in [0.25, 0.3) is 0 Å². The Labute approximate surface area is 64.3 Å². The second-order valence-electron chi connectivity index (χ2n) is 3.43. The Morgan fingerprint density at radius 3 is 2.80 bits per heavy atom. The molecule has 60 valence electrons. The van der Waals surface area contributed by atoms with E-state index in [1.807, 2.05) is 0 Å². The van der Waals surface area contributed by atoms with Gasteiger partial charge in [0.1, 0.15) is 0 Å². The van der Waals surface area contributed by atoms with Gasteiger partial charge in [0.05, 0.1) is 14.0 Å². The molecule has 1 fully saturated rings. The molecule has 2 N–H and O–H groups in total. The van der Waals surface area contributed by atoms with Gasteiger partial charge in [-0.1, -0.05) is 25.4 Å². The molecule has 2 atom stereocenters. The quantitative estimate of drug-likeness (QED) is 0.485. The van der Waals surface area contributed by atoms with Crippen molar-refractivity contribution in [1.82, 2.24) is 0 Å². The molecule has 0 aliphatic carbocycles. The minimum atomic E-state index is -0.637. The maximum absolute atomic E-state index is 5.27. The zero-order chi connectivity index (χ0) is 7.61. The topological polar surface area (TPSA) is 35.2 Å². The molecule has 0 spiro atoms. The zero-order valence-electron chi connectivity index (χ0n) is 6.89. The molecule has 0 aromatic carbocycles. The van der Waals surface area contributed by atoms with Crippen molar-refractivity contribution in [3.05, 3.63) is 0 Å². The highest BCUT2D eigenvalue weighted by Gasteiger charge is 2.39. The summed E-state index contributed by atoms with van der Waals surface area (Å²) in [5, 5.41) is 0.120. The molecule has 0 saturated carbocycles. The summed E-state index contributed by atoms with van der Waals surface area (Å²) < 4.78 is 0. The van der Waals surface area contributed by atoms with E-state index in [2.05, 4.69) is 13.8 Å². The van der Waals surface area contributed by atoms with E-state index < -0.39 is 8.80 Å². The van der Waals surface area contributed by atoms with Crippen LogP contribution in [0.4, 0.5) is 0 Å². The fraction of sp³-hybridized carbons (Fsp3) is 1.00. The van der Waals surface area contributed by atoms with Crippen LogP contribution < -0.4 is 5.90 Å². The summed E-state index contributed by atoms with van der Waals surface area (Å²) in [6, 6.07) is 2.75. The average molecular weight is 159 g/mol. The second kappa shape index (κ2) is 3.03. The lowest BCUT2D eigenvalue weighted by Crippen LogP contribution is -2.42. The predicted octanol–water partition coefficient (Wildman–Crippen LogP) is 1.22. The third-order valence-electron chi connectivity index (χ3n) is 2.85. The van der Waals surface area contributed by atoms with Crippen LogP contribution in [0.2, 0.25) is 12.1 Å². The van der Waals surface area contributed by atoms with Crippen molar-refractivity contribution >= 4 is 8.80 Å². The number of hydrogen-bond acceptors (Lipinski definition) is 2. The van der Waals surface area contributed by atoms with E-state index in [1.165, 1.54) is 24.9 Å². The largest absolute Gasteiger partial charge is 0.302 e. The molecule has 1 aliphatic rings. The van der Waals surface area contributed by atoms with Crippen LogP contribution >= 0.6 is 0 Å². The molecule has 1 rings (SSSR count). The van der Waals surface area contributed by atoms with Crippen LogP contribution in [-0.2, 0) is 4.84 Å². The lowest BCUT2D eigenvalue weighted by molar-refractivity contribution is 0.0258. The Hall–Kier alpha value is 0.137. The summed E-state index contributed by atoms with van der Waals surface area (Å²) >= 11 is 0. The lowest BCUT2D eigenvalue weighted by atomic mass is 10.2. The van der Waals surface area contributed by atoms with Crippen molar-refractivity contribution in [2.24, 2.45) is 5.90 Å². The summed E-state index contributed by atoms with van der Waals surface area (Å²) in [5.41, 5.74) is 0. The molecule has 10 heavy (non-hydrogen) atoms. The minimum Gasteiger partial charge on any atom is -0.302 e. The first-order valence-electron chi connectivity index (χ1n) is 4.11. The Bertz CT molecular complexity index is 120. The summed E-state index contributed by atoms with van der Waals surface area (Å²) in [7, 11) is -0.637.